The second-order valence-electron chi connectivity index (χ2n) is 4.87. The Kier molecular flexibility index (Phi) is 7.00. The summed E-state index contributed by atoms with van der Waals surface area (Å²) in [6.07, 6.45) is 2.65. The molecule has 1 aliphatic rings. The fraction of sp³-hybridized carbons (Fsp3) is 0.917. The minimum absolute atomic E-state index is 0.107. The maximum atomic E-state index is 5.52. The van der Waals surface area contributed by atoms with Crippen LogP contribution < -0.4 is 11.3 Å². The summed E-state index contributed by atoms with van der Waals surface area (Å²) >= 11 is 0. The van der Waals surface area contributed by atoms with Gasteiger partial charge in [0.25, 0.3) is 0 Å². The third-order valence-corrected chi connectivity index (χ3v) is 3.19. The average Bonchev–Trinajstić information content (AvgIpc) is 2.86. The standard InChI is InChI=1S/C12H27N5O/c1-11(10-18-3)14-12(15-13)16(2)8-9-17-6-4-5-7-17/h11H,4-10,13H2,1-3H3,(H,14,15). The van der Waals surface area contributed by atoms with Crippen LogP contribution in [0.4, 0.5) is 0 Å². The van der Waals surface area contributed by atoms with Crippen LogP contribution >= 0.6 is 0 Å². The third-order valence-electron chi connectivity index (χ3n) is 3.19. The van der Waals surface area contributed by atoms with Crippen LogP contribution in [0, 0.1) is 0 Å². The van der Waals surface area contributed by atoms with Crippen molar-refractivity contribution in [2.24, 2.45) is 10.8 Å². The Morgan fingerprint density at radius 3 is 2.72 bits per heavy atom. The lowest BCUT2D eigenvalue weighted by Gasteiger charge is -2.24. The Labute approximate surface area is 110 Å². The highest BCUT2D eigenvalue weighted by molar-refractivity contribution is 5.79. The number of likely N-dealkylation sites (tertiary alicyclic amines) is 1. The Balaban J connectivity index is 2.37. The molecule has 0 aromatic heterocycles. The number of nitrogens with one attached hydrogen (secondary N) is 1. The van der Waals surface area contributed by atoms with Crippen molar-refractivity contribution in [1.29, 1.82) is 0 Å². The Morgan fingerprint density at radius 1 is 1.50 bits per heavy atom. The number of hydrazine groups is 1. The van der Waals surface area contributed by atoms with Crippen LogP contribution in [0.25, 0.3) is 0 Å². The average molecular weight is 257 g/mol. The lowest BCUT2D eigenvalue weighted by atomic mass is 10.4. The number of nitrogens with two attached hydrogens (primary N) is 1. The van der Waals surface area contributed by atoms with Crippen LogP contribution in [0.15, 0.2) is 4.99 Å². The number of hydrogen-bond acceptors (Lipinski definition) is 4. The van der Waals surface area contributed by atoms with Crippen molar-refractivity contribution in [1.82, 2.24) is 15.2 Å². The molecule has 6 heteroatoms. The second kappa shape index (κ2) is 8.29. The van der Waals surface area contributed by atoms with Gasteiger partial charge in [-0.15, -0.1) is 0 Å². The summed E-state index contributed by atoms with van der Waals surface area (Å²) < 4.78 is 5.07. The van der Waals surface area contributed by atoms with Gasteiger partial charge < -0.3 is 14.5 Å². The molecule has 1 aliphatic heterocycles. The van der Waals surface area contributed by atoms with Gasteiger partial charge >= 0.3 is 0 Å². The van der Waals surface area contributed by atoms with Gasteiger partial charge in [-0.2, -0.15) is 0 Å². The molecule has 3 N–H and O–H groups in total. The minimum atomic E-state index is 0.107. The minimum Gasteiger partial charge on any atom is -0.382 e. The number of ether oxygens (including phenoxy) is 1. The van der Waals surface area contributed by atoms with Crippen molar-refractivity contribution in [3.05, 3.63) is 0 Å². The molecule has 1 saturated heterocycles. The zero-order chi connectivity index (χ0) is 13.4. The number of aliphatic imine (C=N–C) groups is 1. The lowest BCUT2D eigenvalue weighted by Crippen LogP contribution is -2.46. The molecular formula is C12H27N5O. The highest BCUT2D eigenvalue weighted by atomic mass is 16.5. The molecule has 0 radical (unpaired) electrons. The van der Waals surface area contributed by atoms with Crippen molar-refractivity contribution >= 4 is 5.96 Å². The van der Waals surface area contributed by atoms with Gasteiger partial charge in [-0.1, -0.05) is 0 Å². The highest BCUT2D eigenvalue weighted by Gasteiger charge is 2.13. The molecule has 106 valence electrons. The molecule has 0 bridgehead atoms. The maximum Gasteiger partial charge on any atom is 0.208 e. The van der Waals surface area contributed by atoms with E-state index in [9.17, 15) is 0 Å². The first-order valence-corrected chi connectivity index (χ1v) is 6.64. The van der Waals surface area contributed by atoms with Gasteiger partial charge in [0.05, 0.1) is 12.6 Å². The predicted molar refractivity (Wildman–Crippen MR) is 74.4 cm³/mol. The lowest BCUT2D eigenvalue weighted by molar-refractivity contribution is 0.185. The molecule has 18 heavy (non-hydrogen) atoms. The van der Waals surface area contributed by atoms with Crippen LogP contribution in [0.2, 0.25) is 0 Å². The molecular weight excluding hydrogens is 230 g/mol. The van der Waals surface area contributed by atoms with Crippen molar-refractivity contribution in [3.63, 3.8) is 0 Å². The first kappa shape index (κ1) is 15.2. The van der Waals surface area contributed by atoms with Crippen molar-refractivity contribution in [3.8, 4) is 0 Å². The summed E-state index contributed by atoms with van der Waals surface area (Å²) in [4.78, 5) is 9.03. The Morgan fingerprint density at radius 2 is 2.17 bits per heavy atom. The number of likely N-dealkylation sites (N-methyl/N-ethyl adjacent to an activating group) is 1. The van der Waals surface area contributed by atoms with Gasteiger partial charge in [0, 0.05) is 27.2 Å². The van der Waals surface area contributed by atoms with Crippen LogP contribution in [0.5, 0.6) is 0 Å². The van der Waals surface area contributed by atoms with E-state index in [1.165, 1.54) is 25.9 Å². The molecule has 0 spiro atoms. The normalized spacial score (nSPS) is 19.0. The van der Waals surface area contributed by atoms with Crippen LogP contribution in [-0.2, 0) is 4.74 Å². The zero-order valence-electron chi connectivity index (χ0n) is 11.9. The number of nitrogens with zero attached hydrogens (tertiary/aromatic N) is 3. The number of guanidine groups is 1. The van der Waals surface area contributed by atoms with E-state index < -0.39 is 0 Å². The Bertz CT molecular complexity index is 253. The van der Waals surface area contributed by atoms with E-state index in [1.807, 2.05) is 14.0 Å². The van der Waals surface area contributed by atoms with E-state index in [1.54, 1.807) is 7.11 Å². The fourth-order valence-electron chi connectivity index (χ4n) is 2.14. The molecule has 0 saturated carbocycles. The molecule has 0 aliphatic carbocycles. The van der Waals surface area contributed by atoms with Crippen LogP contribution in [0.3, 0.4) is 0 Å². The molecule has 1 unspecified atom stereocenters. The van der Waals surface area contributed by atoms with Crippen LogP contribution in [-0.4, -0.2) is 68.7 Å². The smallest absolute Gasteiger partial charge is 0.208 e. The maximum absolute atomic E-state index is 5.52. The molecule has 1 fully saturated rings. The number of rotatable bonds is 6. The zero-order valence-corrected chi connectivity index (χ0v) is 11.9. The first-order chi connectivity index (χ1) is 8.67. The summed E-state index contributed by atoms with van der Waals surface area (Å²) in [6.45, 7) is 7.05. The quantitative estimate of drug-likeness (QED) is 0.300. The monoisotopic (exact) mass is 257 g/mol. The third kappa shape index (κ3) is 5.20. The summed E-state index contributed by atoms with van der Waals surface area (Å²) in [7, 11) is 3.69. The highest BCUT2D eigenvalue weighted by Crippen LogP contribution is 2.06. The molecule has 1 atom stereocenters. The SMILES string of the molecule is COCC(C)N=C(NN)N(C)CCN1CCCC1. The topological polar surface area (TPSA) is 66.1 Å². The van der Waals surface area contributed by atoms with E-state index in [4.69, 9.17) is 10.6 Å². The van der Waals surface area contributed by atoms with Gasteiger partial charge in [0.1, 0.15) is 0 Å². The van der Waals surface area contributed by atoms with Crippen molar-refractivity contribution in [2.45, 2.75) is 25.8 Å². The Hall–Kier alpha value is -0.850. The molecule has 0 aromatic rings. The van der Waals surface area contributed by atoms with Gasteiger partial charge in [0.2, 0.25) is 5.96 Å². The van der Waals surface area contributed by atoms with Crippen LogP contribution in [0.1, 0.15) is 19.8 Å². The number of methoxy groups -OCH3 is 1. The molecule has 1 heterocycles. The van der Waals surface area contributed by atoms with Crippen molar-refractivity contribution < 1.29 is 4.74 Å². The fourth-order valence-corrected chi connectivity index (χ4v) is 2.14. The largest absolute Gasteiger partial charge is 0.382 e. The van der Waals surface area contributed by atoms with Crippen molar-refractivity contribution in [2.75, 3.05) is 46.9 Å². The van der Waals surface area contributed by atoms with E-state index in [2.05, 4.69) is 20.2 Å². The molecule has 1 rings (SSSR count). The van der Waals surface area contributed by atoms with E-state index in [-0.39, 0.29) is 6.04 Å². The summed E-state index contributed by atoms with van der Waals surface area (Å²) in [5.41, 5.74) is 2.67. The molecule has 0 amide bonds. The summed E-state index contributed by atoms with van der Waals surface area (Å²) in [5, 5.41) is 0. The predicted octanol–water partition coefficient (Wildman–Crippen LogP) is -0.132. The molecule has 6 nitrogen and oxygen atoms in total. The van der Waals surface area contributed by atoms with Gasteiger partial charge in [-0.05, 0) is 32.9 Å². The van der Waals surface area contributed by atoms with E-state index >= 15 is 0 Å². The summed E-state index contributed by atoms with van der Waals surface area (Å²) in [6, 6.07) is 0.107. The van der Waals surface area contributed by atoms with E-state index in [0.717, 1.165) is 19.0 Å². The van der Waals surface area contributed by atoms with Gasteiger partial charge in [-0.3, -0.25) is 5.43 Å². The molecule has 0 aromatic carbocycles. The second-order valence-corrected chi connectivity index (χ2v) is 4.87. The summed E-state index contributed by atoms with van der Waals surface area (Å²) in [5.74, 6) is 6.25. The van der Waals surface area contributed by atoms with Gasteiger partial charge in [0.15, 0.2) is 0 Å². The van der Waals surface area contributed by atoms with E-state index in [0.29, 0.717) is 6.61 Å². The van der Waals surface area contributed by atoms with Gasteiger partial charge in [-0.25, -0.2) is 10.8 Å². The first-order valence-electron chi connectivity index (χ1n) is 6.64. The number of hydrogen-bond donors (Lipinski definition) is 2.